The number of halogens is 1. The highest BCUT2D eigenvalue weighted by atomic mass is 79.9. The molecule has 20 heavy (non-hydrogen) atoms. The lowest BCUT2D eigenvalue weighted by molar-refractivity contribution is 0.274. The van der Waals surface area contributed by atoms with Gasteiger partial charge in [-0.25, -0.2) is 0 Å². The molecule has 2 aromatic rings. The quantitative estimate of drug-likeness (QED) is 0.908. The number of anilines is 1. The number of fused-ring (bicyclic) bond motifs is 1. The lowest BCUT2D eigenvalue weighted by Gasteiger charge is -2.27. The maximum Gasteiger partial charge on any atom is 0.124 e. The van der Waals surface area contributed by atoms with Crippen LogP contribution in [0.5, 0.6) is 5.75 Å². The van der Waals surface area contributed by atoms with Gasteiger partial charge in [0.25, 0.3) is 0 Å². The molecule has 0 radical (unpaired) electrons. The van der Waals surface area contributed by atoms with Gasteiger partial charge in [0.05, 0.1) is 29.7 Å². The molecule has 0 spiro atoms. The zero-order valence-corrected chi connectivity index (χ0v) is 13.5. The van der Waals surface area contributed by atoms with E-state index in [0.29, 0.717) is 0 Å². The van der Waals surface area contributed by atoms with Crippen LogP contribution in [-0.2, 0) is 7.05 Å². The van der Waals surface area contributed by atoms with E-state index in [1.165, 1.54) is 5.56 Å². The Labute approximate surface area is 127 Å². The molecule has 0 saturated heterocycles. The second-order valence-corrected chi connectivity index (χ2v) is 6.10. The summed E-state index contributed by atoms with van der Waals surface area (Å²) in [6.45, 7) is 4.87. The molecule has 3 rings (SSSR count). The van der Waals surface area contributed by atoms with E-state index >= 15 is 0 Å². The van der Waals surface area contributed by atoms with Crippen LogP contribution in [0.1, 0.15) is 29.4 Å². The lowest BCUT2D eigenvalue weighted by Crippen LogP contribution is -2.21. The van der Waals surface area contributed by atoms with Crippen LogP contribution >= 0.6 is 15.9 Å². The molecule has 0 aliphatic carbocycles. The molecule has 0 bridgehead atoms. The van der Waals surface area contributed by atoms with Gasteiger partial charge in [0.1, 0.15) is 5.75 Å². The van der Waals surface area contributed by atoms with Crippen molar-refractivity contribution in [2.75, 3.05) is 11.9 Å². The van der Waals surface area contributed by atoms with Crippen LogP contribution in [-0.4, -0.2) is 16.4 Å². The summed E-state index contributed by atoms with van der Waals surface area (Å²) in [7, 11) is 1.97. The van der Waals surface area contributed by atoms with Crippen LogP contribution in [0.3, 0.4) is 0 Å². The number of nitrogens with one attached hydrogen (secondary N) is 1. The molecule has 0 fully saturated rings. The van der Waals surface area contributed by atoms with Gasteiger partial charge >= 0.3 is 0 Å². The summed E-state index contributed by atoms with van der Waals surface area (Å²) in [6.07, 6.45) is 0.956. The molecule has 0 amide bonds. The van der Waals surface area contributed by atoms with Crippen molar-refractivity contribution >= 4 is 21.6 Å². The normalized spacial score (nSPS) is 17.5. The predicted molar refractivity (Wildman–Crippen MR) is 83.3 cm³/mol. The highest BCUT2D eigenvalue weighted by Gasteiger charge is 2.23. The number of ether oxygens (including phenoxy) is 1. The van der Waals surface area contributed by atoms with E-state index in [2.05, 4.69) is 39.3 Å². The summed E-state index contributed by atoms with van der Waals surface area (Å²) < 4.78 is 8.72. The molecule has 1 atom stereocenters. The number of benzene rings is 1. The number of aromatic nitrogens is 2. The van der Waals surface area contributed by atoms with E-state index in [1.807, 2.05) is 30.8 Å². The molecule has 5 heteroatoms. The first kappa shape index (κ1) is 13.5. The summed E-state index contributed by atoms with van der Waals surface area (Å²) in [5, 5.41) is 8.10. The maximum absolute atomic E-state index is 5.73. The lowest BCUT2D eigenvalue weighted by atomic mass is 10.00. The third-order valence-electron chi connectivity index (χ3n) is 3.84. The van der Waals surface area contributed by atoms with E-state index in [0.717, 1.165) is 40.3 Å². The Morgan fingerprint density at radius 2 is 2.20 bits per heavy atom. The molecule has 1 unspecified atom stereocenters. The average molecular weight is 336 g/mol. The largest absolute Gasteiger partial charge is 0.493 e. The smallest absolute Gasteiger partial charge is 0.124 e. The first-order valence-electron chi connectivity index (χ1n) is 6.75. The van der Waals surface area contributed by atoms with E-state index in [1.54, 1.807) is 0 Å². The van der Waals surface area contributed by atoms with Gasteiger partial charge in [-0.15, -0.1) is 0 Å². The Balaban J connectivity index is 1.95. The number of rotatable bonds is 2. The van der Waals surface area contributed by atoms with Gasteiger partial charge in [0, 0.05) is 23.5 Å². The maximum atomic E-state index is 5.73. The van der Waals surface area contributed by atoms with Crippen molar-refractivity contribution < 1.29 is 4.74 Å². The van der Waals surface area contributed by atoms with Gasteiger partial charge in [-0.3, -0.25) is 4.68 Å². The number of aryl methyl sites for hydroxylation is 2. The van der Waals surface area contributed by atoms with E-state index in [4.69, 9.17) is 4.74 Å². The highest BCUT2D eigenvalue weighted by molar-refractivity contribution is 9.10. The van der Waals surface area contributed by atoms with Crippen molar-refractivity contribution in [2.24, 2.45) is 7.05 Å². The Bertz CT molecular complexity index is 651. The summed E-state index contributed by atoms with van der Waals surface area (Å²) in [5.41, 5.74) is 4.53. The molecular formula is C15H18BrN3O. The van der Waals surface area contributed by atoms with Gasteiger partial charge in [-0.1, -0.05) is 15.9 Å². The zero-order valence-electron chi connectivity index (χ0n) is 11.9. The van der Waals surface area contributed by atoms with Crippen molar-refractivity contribution in [3.05, 3.63) is 39.6 Å². The van der Waals surface area contributed by atoms with E-state index in [9.17, 15) is 0 Å². The van der Waals surface area contributed by atoms with Gasteiger partial charge in [0.15, 0.2) is 0 Å². The third-order valence-corrected chi connectivity index (χ3v) is 4.33. The van der Waals surface area contributed by atoms with Gasteiger partial charge in [-0.05, 0) is 32.0 Å². The SMILES string of the molecule is Cc1nn(C)c(C)c1NC1CCOc2ccc(Br)cc21. The summed E-state index contributed by atoms with van der Waals surface area (Å²) in [6, 6.07) is 6.43. The van der Waals surface area contributed by atoms with Crippen molar-refractivity contribution in [3.8, 4) is 5.75 Å². The van der Waals surface area contributed by atoms with Crippen molar-refractivity contribution in [2.45, 2.75) is 26.3 Å². The number of nitrogens with zero attached hydrogens (tertiary/aromatic N) is 2. The van der Waals surface area contributed by atoms with E-state index in [-0.39, 0.29) is 6.04 Å². The molecule has 1 aromatic carbocycles. The van der Waals surface area contributed by atoms with Crippen LogP contribution in [0, 0.1) is 13.8 Å². The molecule has 0 saturated carbocycles. The predicted octanol–water partition coefficient (Wildman–Crippen LogP) is 3.74. The second kappa shape index (κ2) is 5.13. The summed E-state index contributed by atoms with van der Waals surface area (Å²) in [4.78, 5) is 0. The van der Waals surface area contributed by atoms with Gasteiger partial charge in [0.2, 0.25) is 0 Å². The number of hydrogen-bond donors (Lipinski definition) is 1. The Morgan fingerprint density at radius 1 is 1.40 bits per heavy atom. The van der Waals surface area contributed by atoms with Crippen molar-refractivity contribution in [1.82, 2.24) is 9.78 Å². The molecule has 1 N–H and O–H groups in total. The highest BCUT2D eigenvalue weighted by Crippen LogP contribution is 2.37. The number of hydrogen-bond acceptors (Lipinski definition) is 3. The van der Waals surface area contributed by atoms with Crippen LogP contribution in [0.25, 0.3) is 0 Å². The first-order valence-corrected chi connectivity index (χ1v) is 7.54. The molecule has 1 aliphatic heterocycles. The zero-order chi connectivity index (χ0) is 14.3. The Kier molecular flexibility index (Phi) is 3.46. The first-order chi connectivity index (χ1) is 9.56. The van der Waals surface area contributed by atoms with Crippen LogP contribution < -0.4 is 10.1 Å². The van der Waals surface area contributed by atoms with Gasteiger partial charge < -0.3 is 10.1 Å². The van der Waals surface area contributed by atoms with Crippen LogP contribution in [0.15, 0.2) is 22.7 Å². The second-order valence-electron chi connectivity index (χ2n) is 5.19. The van der Waals surface area contributed by atoms with Crippen molar-refractivity contribution in [3.63, 3.8) is 0 Å². The third kappa shape index (κ3) is 2.30. The van der Waals surface area contributed by atoms with Crippen LogP contribution in [0.4, 0.5) is 5.69 Å². The average Bonchev–Trinajstić information content (AvgIpc) is 2.66. The summed E-state index contributed by atoms with van der Waals surface area (Å²) >= 11 is 3.54. The monoisotopic (exact) mass is 335 g/mol. The molecule has 1 aliphatic rings. The molecule has 106 valence electrons. The minimum Gasteiger partial charge on any atom is -0.493 e. The van der Waals surface area contributed by atoms with Crippen LogP contribution in [0.2, 0.25) is 0 Å². The fourth-order valence-electron chi connectivity index (χ4n) is 2.67. The van der Waals surface area contributed by atoms with Crippen molar-refractivity contribution in [1.29, 1.82) is 0 Å². The molecular weight excluding hydrogens is 318 g/mol. The minimum atomic E-state index is 0.262. The fourth-order valence-corrected chi connectivity index (χ4v) is 3.05. The van der Waals surface area contributed by atoms with Gasteiger partial charge in [-0.2, -0.15) is 5.10 Å². The van der Waals surface area contributed by atoms with E-state index < -0.39 is 0 Å². The standard InChI is InChI=1S/C15H18BrN3O/c1-9-15(10(2)19(3)18-9)17-13-6-7-20-14-5-4-11(16)8-12(13)14/h4-5,8,13,17H,6-7H2,1-3H3. The molecule has 2 heterocycles. The Morgan fingerprint density at radius 3 is 2.90 bits per heavy atom. The minimum absolute atomic E-state index is 0.262. The summed E-state index contributed by atoms with van der Waals surface area (Å²) in [5.74, 6) is 0.969. The Hall–Kier alpha value is -1.49. The molecule has 1 aromatic heterocycles. The topological polar surface area (TPSA) is 39.1 Å². The molecule has 4 nitrogen and oxygen atoms in total. The fraction of sp³-hybridized carbons (Fsp3) is 0.400.